The quantitative estimate of drug-likeness (QED) is 0.829. The lowest BCUT2D eigenvalue weighted by Gasteiger charge is -2.37. The van der Waals surface area contributed by atoms with E-state index in [-0.39, 0.29) is 5.91 Å². The summed E-state index contributed by atoms with van der Waals surface area (Å²) in [6.07, 6.45) is -0.569. The smallest absolute Gasteiger partial charge is 0.263 e. The third kappa shape index (κ3) is 4.27. The molecule has 0 aliphatic carbocycles. The zero-order chi connectivity index (χ0) is 18.5. The van der Waals surface area contributed by atoms with Gasteiger partial charge in [0.1, 0.15) is 5.75 Å². The molecule has 1 aliphatic heterocycles. The van der Waals surface area contributed by atoms with E-state index in [0.29, 0.717) is 29.4 Å². The number of carbonyl (C=O) groups excluding carboxylic acids is 1. The van der Waals surface area contributed by atoms with E-state index in [9.17, 15) is 4.79 Å². The van der Waals surface area contributed by atoms with E-state index in [2.05, 4.69) is 11.0 Å². The summed E-state index contributed by atoms with van der Waals surface area (Å²) in [6, 6.07) is 16.6. The van der Waals surface area contributed by atoms with Crippen LogP contribution < -0.4 is 9.64 Å². The lowest BCUT2D eigenvalue weighted by atomic mass is 10.2. The van der Waals surface area contributed by atoms with Gasteiger partial charge in [0.15, 0.2) is 6.10 Å². The Morgan fingerprint density at radius 2 is 1.85 bits per heavy atom. The van der Waals surface area contributed by atoms with E-state index < -0.39 is 6.10 Å². The topological polar surface area (TPSA) is 56.6 Å². The summed E-state index contributed by atoms with van der Waals surface area (Å²) in [5.74, 6) is 0.558. The second-order valence-corrected chi connectivity index (χ2v) is 6.62. The molecule has 0 aromatic heterocycles. The number of nitrogens with zero attached hydrogens (tertiary/aromatic N) is 3. The molecule has 26 heavy (non-hydrogen) atoms. The molecule has 0 spiro atoms. The van der Waals surface area contributed by atoms with Gasteiger partial charge in [-0.3, -0.25) is 4.79 Å². The van der Waals surface area contributed by atoms with Gasteiger partial charge >= 0.3 is 0 Å². The summed E-state index contributed by atoms with van der Waals surface area (Å²) in [6.45, 7) is 4.56. The first-order chi connectivity index (χ1) is 12.6. The average molecular weight is 370 g/mol. The second kappa shape index (κ2) is 8.11. The van der Waals surface area contributed by atoms with Crippen molar-refractivity contribution in [2.45, 2.75) is 13.0 Å². The summed E-state index contributed by atoms with van der Waals surface area (Å²) in [4.78, 5) is 16.7. The van der Waals surface area contributed by atoms with Gasteiger partial charge in [-0.25, -0.2) is 0 Å². The lowest BCUT2D eigenvalue weighted by molar-refractivity contribution is -0.138. The van der Waals surface area contributed by atoms with E-state index in [1.807, 2.05) is 29.2 Å². The summed E-state index contributed by atoms with van der Waals surface area (Å²) in [7, 11) is 0. The van der Waals surface area contributed by atoms with Crippen molar-refractivity contribution >= 4 is 23.2 Å². The van der Waals surface area contributed by atoms with E-state index in [1.165, 1.54) is 0 Å². The Labute approximate surface area is 158 Å². The maximum Gasteiger partial charge on any atom is 0.263 e. The van der Waals surface area contributed by atoms with Crippen LogP contribution in [0.5, 0.6) is 5.75 Å². The molecule has 2 aromatic rings. The van der Waals surface area contributed by atoms with Gasteiger partial charge in [-0.1, -0.05) is 17.7 Å². The van der Waals surface area contributed by atoms with Crippen molar-refractivity contribution in [3.8, 4) is 11.8 Å². The fraction of sp³-hybridized carbons (Fsp3) is 0.300. The van der Waals surface area contributed by atoms with E-state index in [4.69, 9.17) is 21.6 Å². The van der Waals surface area contributed by atoms with Crippen LogP contribution in [-0.2, 0) is 4.79 Å². The van der Waals surface area contributed by atoms with Crippen LogP contribution in [0.1, 0.15) is 12.5 Å². The van der Waals surface area contributed by atoms with Gasteiger partial charge < -0.3 is 14.5 Å². The predicted octanol–water partition coefficient (Wildman–Crippen LogP) is 3.33. The Hall–Kier alpha value is -2.71. The van der Waals surface area contributed by atoms with Crippen molar-refractivity contribution in [1.29, 1.82) is 5.26 Å². The minimum Gasteiger partial charge on any atom is -0.481 e. The van der Waals surface area contributed by atoms with E-state index in [1.54, 1.807) is 31.2 Å². The van der Waals surface area contributed by atoms with Crippen molar-refractivity contribution < 1.29 is 9.53 Å². The fourth-order valence-corrected chi connectivity index (χ4v) is 3.16. The third-order valence-corrected chi connectivity index (χ3v) is 4.64. The number of nitriles is 1. The van der Waals surface area contributed by atoms with Crippen LogP contribution in [0.15, 0.2) is 48.5 Å². The first kappa shape index (κ1) is 18.1. The third-order valence-electron chi connectivity index (χ3n) is 4.41. The highest BCUT2D eigenvalue weighted by Crippen LogP contribution is 2.21. The Balaban J connectivity index is 1.54. The molecule has 1 saturated heterocycles. The standard InChI is InChI=1S/C20H20ClN3O2/c1-15(26-19-7-5-16(14-22)6-8-19)20(25)24-11-9-23(10-12-24)18-4-2-3-17(21)13-18/h2-8,13,15H,9-12H2,1H3/t15-/m1/s1. The largest absolute Gasteiger partial charge is 0.481 e. The Morgan fingerprint density at radius 1 is 1.15 bits per heavy atom. The lowest BCUT2D eigenvalue weighted by Crippen LogP contribution is -2.52. The molecule has 0 N–H and O–H groups in total. The highest BCUT2D eigenvalue weighted by molar-refractivity contribution is 6.30. The molecule has 134 valence electrons. The SMILES string of the molecule is C[C@@H](Oc1ccc(C#N)cc1)C(=O)N1CCN(c2cccc(Cl)c2)CC1. The van der Waals surface area contributed by atoms with Gasteiger partial charge in [0.05, 0.1) is 11.6 Å². The number of carbonyl (C=O) groups is 1. The van der Waals surface area contributed by atoms with E-state index >= 15 is 0 Å². The Morgan fingerprint density at radius 3 is 2.46 bits per heavy atom. The van der Waals surface area contributed by atoms with Crippen LogP contribution in [0, 0.1) is 11.3 Å². The Kier molecular flexibility index (Phi) is 5.65. The molecule has 0 bridgehead atoms. The first-order valence-corrected chi connectivity index (χ1v) is 8.91. The van der Waals surface area contributed by atoms with Crippen LogP contribution in [0.2, 0.25) is 5.02 Å². The molecular formula is C20H20ClN3O2. The maximum atomic E-state index is 12.6. The normalized spacial score (nSPS) is 15.3. The minimum atomic E-state index is -0.569. The molecule has 3 rings (SSSR count). The summed E-state index contributed by atoms with van der Waals surface area (Å²) in [5.41, 5.74) is 1.64. The molecule has 1 atom stereocenters. The highest BCUT2D eigenvalue weighted by atomic mass is 35.5. The molecule has 1 amide bonds. The number of hydrogen-bond acceptors (Lipinski definition) is 4. The molecule has 0 saturated carbocycles. The van der Waals surface area contributed by atoms with Crippen LogP contribution >= 0.6 is 11.6 Å². The number of halogens is 1. The highest BCUT2D eigenvalue weighted by Gasteiger charge is 2.26. The number of rotatable bonds is 4. The number of anilines is 1. The second-order valence-electron chi connectivity index (χ2n) is 6.19. The maximum absolute atomic E-state index is 12.6. The number of ether oxygens (including phenoxy) is 1. The van der Waals surface area contributed by atoms with Crippen molar-refractivity contribution in [2.24, 2.45) is 0 Å². The monoisotopic (exact) mass is 369 g/mol. The van der Waals surface area contributed by atoms with Crippen LogP contribution in [-0.4, -0.2) is 43.1 Å². The van der Waals surface area contributed by atoms with Crippen molar-refractivity contribution in [2.75, 3.05) is 31.1 Å². The van der Waals surface area contributed by atoms with Crippen LogP contribution in [0.25, 0.3) is 0 Å². The van der Waals surface area contributed by atoms with Crippen LogP contribution in [0.4, 0.5) is 5.69 Å². The predicted molar refractivity (Wildman–Crippen MR) is 101 cm³/mol. The molecule has 1 fully saturated rings. The van der Waals surface area contributed by atoms with Gasteiger partial charge in [0.2, 0.25) is 0 Å². The first-order valence-electron chi connectivity index (χ1n) is 8.53. The molecule has 2 aromatic carbocycles. The van der Waals surface area contributed by atoms with Gasteiger partial charge in [0, 0.05) is 36.9 Å². The summed E-state index contributed by atoms with van der Waals surface area (Å²) < 4.78 is 5.72. The van der Waals surface area contributed by atoms with Gasteiger partial charge in [0.25, 0.3) is 5.91 Å². The minimum absolute atomic E-state index is 0.0277. The number of hydrogen-bond donors (Lipinski definition) is 0. The molecule has 0 unspecified atom stereocenters. The van der Waals surface area contributed by atoms with Gasteiger partial charge in [-0.05, 0) is 49.4 Å². The zero-order valence-corrected chi connectivity index (χ0v) is 15.3. The summed E-state index contributed by atoms with van der Waals surface area (Å²) >= 11 is 6.06. The fourth-order valence-electron chi connectivity index (χ4n) is 2.98. The number of piperazine rings is 1. The summed E-state index contributed by atoms with van der Waals surface area (Å²) in [5, 5.41) is 9.54. The Bertz CT molecular complexity index is 809. The van der Waals surface area contributed by atoms with Crippen molar-refractivity contribution in [3.63, 3.8) is 0 Å². The molecule has 5 nitrogen and oxygen atoms in total. The molecule has 1 aliphatic rings. The molecule has 1 heterocycles. The molecule has 6 heteroatoms. The number of benzene rings is 2. The van der Waals surface area contributed by atoms with Gasteiger partial charge in [-0.2, -0.15) is 5.26 Å². The molecular weight excluding hydrogens is 350 g/mol. The molecule has 0 radical (unpaired) electrons. The van der Waals surface area contributed by atoms with Crippen molar-refractivity contribution in [3.05, 3.63) is 59.1 Å². The zero-order valence-electron chi connectivity index (χ0n) is 14.6. The van der Waals surface area contributed by atoms with Crippen molar-refractivity contribution in [1.82, 2.24) is 4.90 Å². The van der Waals surface area contributed by atoms with E-state index in [0.717, 1.165) is 18.8 Å². The number of amides is 1. The average Bonchev–Trinajstić information content (AvgIpc) is 2.68. The van der Waals surface area contributed by atoms with Crippen LogP contribution in [0.3, 0.4) is 0 Å². The van der Waals surface area contributed by atoms with Gasteiger partial charge in [-0.15, -0.1) is 0 Å².